The zero-order valence-corrected chi connectivity index (χ0v) is 11.8. The minimum Gasteiger partial charge on any atom is -0.391 e. The summed E-state index contributed by atoms with van der Waals surface area (Å²) in [6, 6.07) is 6.71. The minimum absolute atomic E-state index is 0.173. The second-order valence-corrected chi connectivity index (χ2v) is 6.35. The number of aliphatic hydroxyl groups is 1. The summed E-state index contributed by atoms with van der Waals surface area (Å²) in [7, 11) is 2.12. The predicted octanol–water partition coefficient (Wildman–Crippen LogP) is 3.30. The zero-order chi connectivity index (χ0) is 12.9. The molecular weight excluding hydrogens is 269 g/mol. The van der Waals surface area contributed by atoms with Gasteiger partial charge in [-0.15, -0.1) is 0 Å². The molecule has 0 amide bonds. The lowest BCUT2D eigenvalue weighted by molar-refractivity contribution is 0.0949. The maximum Gasteiger partial charge on any atom is 0.0710 e. The van der Waals surface area contributed by atoms with Crippen LogP contribution in [-0.4, -0.2) is 35.2 Å². The van der Waals surface area contributed by atoms with Crippen molar-refractivity contribution in [3.05, 3.63) is 33.8 Å². The highest BCUT2D eigenvalue weighted by atomic mass is 35.5. The average molecular weight is 286 g/mol. The third-order valence-corrected chi connectivity index (χ3v) is 5.29. The highest BCUT2D eigenvalue weighted by molar-refractivity contribution is 6.42. The van der Waals surface area contributed by atoms with E-state index in [0.717, 1.165) is 19.3 Å². The Morgan fingerprint density at radius 3 is 2.61 bits per heavy atom. The second-order valence-electron chi connectivity index (χ2n) is 5.53. The molecular formula is C14H17Cl2NO. The summed E-state index contributed by atoms with van der Waals surface area (Å²) >= 11 is 12.0. The molecule has 0 saturated carbocycles. The number of piperidine rings is 1. The van der Waals surface area contributed by atoms with E-state index in [1.54, 1.807) is 0 Å². The molecule has 0 radical (unpaired) electrons. The Morgan fingerprint density at radius 1 is 1.17 bits per heavy atom. The van der Waals surface area contributed by atoms with Crippen LogP contribution in [0.4, 0.5) is 0 Å². The SMILES string of the molecule is CN1[C@@H]2C[C@@H](c3ccc(Cl)c(Cl)c3)C[C@@H]1[C@H](O)C2. The molecule has 2 fully saturated rings. The lowest BCUT2D eigenvalue weighted by Gasteiger charge is -2.36. The normalized spacial score (nSPS) is 36.0. The molecule has 2 saturated heterocycles. The van der Waals surface area contributed by atoms with Gasteiger partial charge in [0, 0.05) is 12.1 Å². The van der Waals surface area contributed by atoms with Crippen molar-refractivity contribution in [3.63, 3.8) is 0 Å². The molecule has 3 rings (SSSR count). The molecule has 1 N–H and O–H groups in total. The largest absolute Gasteiger partial charge is 0.391 e. The average Bonchev–Trinajstić information content (AvgIpc) is 2.51. The van der Waals surface area contributed by atoms with Gasteiger partial charge >= 0.3 is 0 Å². The van der Waals surface area contributed by atoms with Gasteiger partial charge in [-0.2, -0.15) is 0 Å². The lowest BCUT2D eigenvalue weighted by Crippen LogP contribution is -2.41. The molecule has 2 aliphatic heterocycles. The highest BCUT2D eigenvalue weighted by Gasteiger charge is 2.44. The summed E-state index contributed by atoms with van der Waals surface area (Å²) in [6.45, 7) is 0. The Balaban J connectivity index is 1.84. The number of likely N-dealkylation sites (N-methyl/N-ethyl adjacent to an activating group) is 1. The van der Waals surface area contributed by atoms with Crippen LogP contribution < -0.4 is 0 Å². The van der Waals surface area contributed by atoms with Crippen LogP contribution in [0.5, 0.6) is 0 Å². The number of hydrogen-bond acceptors (Lipinski definition) is 2. The van der Waals surface area contributed by atoms with Crippen molar-refractivity contribution >= 4 is 23.2 Å². The zero-order valence-electron chi connectivity index (χ0n) is 10.3. The number of aliphatic hydroxyl groups excluding tert-OH is 1. The number of benzene rings is 1. The fraction of sp³-hybridized carbons (Fsp3) is 0.571. The van der Waals surface area contributed by atoms with E-state index in [2.05, 4.69) is 18.0 Å². The first-order chi connectivity index (χ1) is 8.56. The van der Waals surface area contributed by atoms with Crippen LogP contribution in [0.2, 0.25) is 10.0 Å². The Kier molecular flexibility index (Phi) is 3.31. The molecule has 0 unspecified atom stereocenters. The van der Waals surface area contributed by atoms with Gasteiger partial charge in [0.2, 0.25) is 0 Å². The lowest BCUT2D eigenvalue weighted by atomic mass is 9.85. The van der Waals surface area contributed by atoms with Gasteiger partial charge in [0.15, 0.2) is 0 Å². The van der Waals surface area contributed by atoms with Gasteiger partial charge in [0.1, 0.15) is 0 Å². The molecule has 0 aromatic heterocycles. The summed E-state index contributed by atoms with van der Waals surface area (Å²) in [5, 5.41) is 11.3. The van der Waals surface area contributed by atoms with Crippen LogP contribution in [0.25, 0.3) is 0 Å². The number of hydrogen-bond donors (Lipinski definition) is 1. The standard InChI is InChI=1S/C14H17Cl2NO/c1-17-10-4-9(6-13(17)14(18)7-10)8-2-3-11(15)12(16)5-8/h2-3,5,9-10,13-14,18H,4,6-7H2,1H3/t9-,10-,13-,14-/m1/s1. The van der Waals surface area contributed by atoms with E-state index in [0.29, 0.717) is 28.0 Å². The van der Waals surface area contributed by atoms with Crippen LogP contribution in [0.1, 0.15) is 30.7 Å². The topological polar surface area (TPSA) is 23.5 Å². The Bertz CT molecular complexity index is 465. The van der Waals surface area contributed by atoms with E-state index >= 15 is 0 Å². The molecule has 2 heterocycles. The third-order valence-electron chi connectivity index (χ3n) is 4.55. The number of nitrogens with zero attached hydrogens (tertiary/aromatic N) is 1. The summed E-state index contributed by atoms with van der Waals surface area (Å²) < 4.78 is 0. The Hall–Kier alpha value is -0.280. The van der Waals surface area contributed by atoms with Crippen LogP contribution in [-0.2, 0) is 0 Å². The monoisotopic (exact) mass is 285 g/mol. The quantitative estimate of drug-likeness (QED) is 0.856. The van der Waals surface area contributed by atoms with Crippen molar-refractivity contribution in [1.29, 1.82) is 0 Å². The first-order valence-electron chi connectivity index (χ1n) is 6.41. The first kappa shape index (κ1) is 12.7. The molecule has 4 heteroatoms. The fourth-order valence-electron chi connectivity index (χ4n) is 3.48. The highest BCUT2D eigenvalue weighted by Crippen LogP contribution is 2.43. The molecule has 2 bridgehead atoms. The van der Waals surface area contributed by atoms with Gasteiger partial charge in [0.25, 0.3) is 0 Å². The summed E-state index contributed by atoms with van der Waals surface area (Å²) in [5.41, 5.74) is 1.25. The summed E-state index contributed by atoms with van der Waals surface area (Å²) in [6.07, 6.45) is 2.83. The predicted molar refractivity (Wildman–Crippen MR) is 74.4 cm³/mol. The smallest absolute Gasteiger partial charge is 0.0710 e. The summed E-state index contributed by atoms with van der Waals surface area (Å²) in [4.78, 5) is 2.33. The maximum absolute atomic E-state index is 10.0. The molecule has 2 aliphatic rings. The van der Waals surface area contributed by atoms with E-state index < -0.39 is 0 Å². The van der Waals surface area contributed by atoms with E-state index in [9.17, 15) is 5.11 Å². The number of fused-ring (bicyclic) bond motifs is 2. The maximum atomic E-state index is 10.0. The third kappa shape index (κ3) is 2.05. The van der Waals surface area contributed by atoms with E-state index in [1.165, 1.54) is 5.56 Å². The minimum atomic E-state index is -0.173. The Morgan fingerprint density at radius 2 is 1.94 bits per heavy atom. The Labute approximate surface area is 117 Å². The van der Waals surface area contributed by atoms with Gasteiger partial charge in [-0.3, -0.25) is 4.90 Å². The van der Waals surface area contributed by atoms with Crippen LogP contribution in [0, 0.1) is 0 Å². The molecule has 98 valence electrons. The first-order valence-corrected chi connectivity index (χ1v) is 7.17. The fourth-order valence-corrected chi connectivity index (χ4v) is 3.79. The molecule has 18 heavy (non-hydrogen) atoms. The van der Waals surface area contributed by atoms with Crippen molar-refractivity contribution < 1.29 is 5.11 Å². The molecule has 2 nitrogen and oxygen atoms in total. The van der Waals surface area contributed by atoms with E-state index in [-0.39, 0.29) is 6.10 Å². The van der Waals surface area contributed by atoms with Crippen molar-refractivity contribution in [1.82, 2.24) is 4.90 Å². The number of halogens is 2. The molecule has 0 spiro atoms. The summed E-state index contributed by atoms with van der Waals surface area (Å²) in [5.74, 6) is 0.489. The van der Waals surface area contributed by atoms with Gasteiger partial charge < -0.3 is 5.11 Å². The molecule has 0 aliphatic carbocycles. The van der Waals surface area contributed by atoms with Gasteiger partial charge in [-0.05, 0) is 49.9 Å². The van der Waals surface area contributed by atoms with Crippen molar-refractivity contribution in [2.45, 2.75) is 43.4 Å². The molecule has 1 aromatic carbocycles. The number of rotatable bonds is 1. The van der Waals surface area contributed by atoms with Gasteiger partial charge in [-0.25, -0.2) is 0 Å². The van der Waals surface area contributed by atoms with E-state index in [1.807, 2.05) is 12.1 Å². The molecule has 1 aromatic rings. The van der Waals surface area contributed by atoms with Crippen molar-refractivity contribution in [2.75, 3.05) is 7.05 Å². The van der Waals surface area contributed by atoms with Crippen molar-refractivity contribution in [2.24, 2.45) is 0 Å². The van der Waals surface area contributed by atoms with Gasteiger partial charge in [-0.1, -0.05) is 29.3 Å². The van der Waals surface area contributed by atoms with E-state index in [4.69, 9.17) is 23.2 Å². The van der Waals surface area contributed by atoms with Crippen molar-refractivity contribution in [3.8, 4) is 0 Å². The van der Waals surface area contributed by atoms with Crippen LogP contribution in [0.15, 0.2) is 18.2 Å². The van der Waals surface area contributed by atoms with Gasteiger partial charge in [0.05, 0.1) is 16.1 Å². The van der Waals surface area contributed by atoms with Crippen LogP contribution >= 0.6 is 23.2 Å². The van der Waals surface area contributed by atoms with Crippen LogP contribution in [0.3, 0.4) is 0 Å². The second kappa shape index (κ2) is 4.68. The molecule has 4 atom stereocenters.